The van der Waals surface area contributed by atoms with E-state index in [1.807, 2.05) is 29.5 Å². The highest BCUT2D eigenvalue weighted by Gasteiger charge is 2.37. The molecule has 2 saturated heterocycles. The van der Waals surface area contributed by atoms with Gasteiger partial charge in [-0.2, -0.15) is 0 Å². The predicted octanol–water partition coefficient (Wildman–Crippen LogP) is 3.18. The summed E-state index contributed by atoms with van der Waals surface area (Å²) in [5.41, 5.74) is 0.400. The Kier molecular flexibility index (Phi) is 4.75. The molecule has 5 nitrogen and oxygen atoms in total. The zero-order valence-corrected chi connectivity index (χ0v) is 14.5. The Labute approximate surface area is 145 Å². The van der Waals surface area contributed by atoms with Crippen molar-refractivity contribution in [2.75, 3.05) is 7.05 Å². The van der Waals surface area contributed by atoms with Crippen molar-refractivity contribution >= 4 is 29.7 Å². The van der Waals surface area contributed by atoms with Crippen molar-refractivity contribution in [2.24, 2.45) is 0 Å². The molecule has 4 heterocycles. The van der Waals surface area contributed by atoms with Crippen molar-refractivity contribution < 1.29 is 9.32 Å². The van der Waals surface area contributed by atoms with E-state index in [0.29, 0.717) is 29.6 Å². The van der Waals surface area contributed by atoms with Crippen molar-refractivity contribution in [1.82, 2.24) is 15.4 Å². The van der Waals surface area contributed by atoms with Crippen LogP contribution in [0.2, 0.25) is 0 Å². The van der Waals surface area contributed by atoms with E-state index in [2.05, 4.69) is 10.5 Å². The van der Waals surface area contributed by atoms with Crippen LogP contribution >= 0.6 is 23.7 Å². The van der Waals surface area contributed by atoms with Crippen LogP contribution < -0.4 is 5.32 Å². The summed E-state index contributed by atoms with van der Waals surface area (Å²) in [6.07, 6.45) is 4.54. The molecule has 2 bridgehead atoms. The van der Waals surface area contributed by atoms with Crippen LogP contribution in [0.1, 0.15) is 36.2 Å². The Balaban J connectivity index is 0.00000156. The van der Waals surface area contributed by atoms with Crippen molar-refractivity contribution in [1.29, 1.82) is 0 Å². The van der Waals surface area contributed by atoms with E-state index in [9.17, 15) is 4.79 Å². The molecule has 0 spiro atoms. The molecule has 2 fully saturated rings. The van der Waals surface area contributed by atoms with E-state index < -0.39 is 0 Å². The van der Waals surface area contributed by atoms with Crippen molar-refractivity contribution in [3.63, 3.8) is 0 Å². The molecule has 4 rings (SSSR count). The average molecular weight is 354 g/mol. The second-order valence-electron chi connectivity index (χ2n) is 6.23. The summed E-state index contributed by atoms with van der Waals surface area (Å²) in [7, 11) is 1.89. The Hall–Kier alpha value is -1.37. The highest BCUT2D eigenvalue weighted by atomic mass is 35.5. The quantitative estimate of drug-likeness (QED) is 0.920. The molecule has 2 aliphatic rings. The van der Waals surface area contributed by atoms with Gasteiger partial charge in [-0.25, -0.2) is 0 Å². The van der Waals surface area contributed by atoms with Crippen LogP contribution in [0, 0.1) is 0 Å². The minimum Gasteiger partial charge on any atom is -0.355 e. The molecular formula is C16H20ClN3O2S. The maximum atomic E-state index is 12.6. The molecule has 2 aromatic heterocycles. The van der Waals surface area contributed by atoms with Crippen molar-refractivity contribution in [3.8, 4) is 10.6 Å². The van der Waals surface area contributed by atoms with Crippen LogP contribution in [-0.4, -0.2) is 41.1 Å². The van der Waals surface area contributed by atoms with Gasteiger partial charge in [-0.05, 0) is 37.1 Å². The molecule has 2 atom stereocenters. The summed E-state index contributed by atoms with van der Waals surface area (Å²) >= 11 is 1.58. The number of aromatic nitrogens is 1. The number of thiophene rings is 1. The van der Waals surface area contributed by atoms with Gasteiger partial charge in [0.2, 0.25) is 0 Å². The lowest BCUT2D eigenvalue weighted by atomic mass is 9.98. The Bertz CT molecular complexity index is 661. The molecule has 2 aliphatic heterocycles. The number of carbonyl (C=O) groups excluding carboxylic acids is 1. The first-order valence-electron chi connectivity index (χ1n) is 7.74. The largest absolute Gasteiger partial charge is 0.355 e. The van der Waals surface area contributed by atoms with Gasteiger partial charge in [0, 0.05) is 31.2 Å². The Morgan fingerprint density at radius 3 is 2.78 bits per heavy atom. The maximum absolute atomic E-state index is 12.6. The van der Waals surface area contributed by atoms with E-state index in [4.69, 9.17) is 4.52 Å². The van der Waals surface area contributed by atoms with Gasteiger partial charge in [0.05, 0.1) is 4.88 Å². The standard InChI is InChI=1S/C16H19N3O2S.ClH/c1-19(12-7-10-4-5-11(8-12)17-10)16(20)13-9-14(21-18-13)15-3-2-6-22-15;/h2-3,6,9-12,17H,4-5,7-8H2,1H3;1H. The summed E-state index contributed by atoms with van der Waals surface area (Å²) in [5.74, 6) is 0.620. The van der Waals surface area contributed by atoms with Crippen LogP contribution in [0.15, 0.2) is 28.1 Å². The van der Waals surface area contributed by atoms with E-state index in [1.54, 1.807) is 17.4 Å². The smallest absolute Gasteiger partial charge is 0.276 e. The summed E-state index contributed by atoms with van der Waals surface area (Å²) < 4.78 is 5.32. The molecule has 1 amide bonds. The van der Waals surface area contributed by atoms with Gasteiger partial charge in [-0.15, -0.1) is 23.7 Å². The maximum Gasteiger partial charge on any atom is 0.276 e. The number of amides is 1. The first-order valence-corrected chi connectivity index (χ1v) is 8.62. The van der Waals surface area contributed by atoms with E-state index in [-0.39, 0.29) is 18.3 Å². The summed E-state index contributed by atoms with van der Waals surface area (Å²) in [5, 5.41) is 9.55. The Morgan fingerprint density at radius 2 is 2.13 bits per heavy atom. The number of carbonyl (C=O) groups is 1. The molecule has 2 aromatic rings. The number of hydrogen-bond acceptors (Lipinski definition) is 5. The van der Waals surface area contributed by atoms with Gasteiger partial charge >= 0.3 is 0 Å². The van der Waals surface area contributed by atoms with Gasteiger partial charge in [0.1, 0.15) is 0 Å². The second kappa shape index (κ2) is 6.63. The Morgan fingerprint density at radius 1 is 1.39 bits per heavy atom. The highest BCUT2D eigenvalue weighted by Crippen LogP contribution is 2.30. The summed E-state index contributed by atoms with van der Waals surface area (Å²) in [6, 6.07) is 7.11. The lowest BCUT2D eigenvalue weighted by Gasteiger charge is -2.35. The number of hydrogen-bond donors (Lipinski definition) is 1. The lowest BCUT2D eigenvalue weighted by Crippen LogP contribution is -2.48. The normalized spacial score (nSPS) is 25.9. The van der Waals surface area contributed by atoms with Gasteiger partial charge in [0.15, 0.2) is 11.5 Å². The highest BCUT2D eigenvalue weighted by molar-refractivity contribution is 7.13. The molecule has 0 aromatic carbocycles. The number of rotatable bonds is 3. The topological polar surface area (TPSA) is 58.4 Å². The zero-order chi connectivity index (χ0) is 15.1. The lowest BCUT2D eigenvalue weighted by molar-refractivity contribution is 0.0671. The van der Waals surface area contributed by atoms with Gasteiger partial charge in [-0.1, -0.05) is 11.2 Å². The van der Waals surface area contributed by atoms with Crippen LogP contribution in [0.25, 0.3) is 10.6 Å². The fourth-order valence-corrected chi connectivity index (χ4v) is 4.27. The third-order valence-electron chi connectivity index (χ3n) is 4.81. The monoisotopic (exact) mass is 353 g/mol. The van der Waals surface area contributed by atoms with Crippen LogP contribution in [0.3, 0.4) is 0 Å². The fourth-order valence-electron chi connectivity index (χ4n) is 3.60. The molecule has 124 valence electrons. The molecule has 0 radical (unpaired) electrons. The van der Waals surface area contributed by atoms with Crippen LogP contribution in [0.5, 0.6) is 0 Å². The number of piperidine rings is 1. The van der Waals surface area contributed by atoms with Crippen molar-refractivity contribution in [3.05, 3.63) is 29.3 Å². The SMILES string of the molecule is CN(C(=O)c1cc(-c2cccs2)on1)C1CC2CCC(C1)N2.Cl. The first-order chi connectivity index (χ1) is 10.7. The molecule has 0 saturated carbocycles. The molecule has 2 unspecified atom stereocenters. The van der Waals surface area contributed by atoms with E-state index in [0.717, 1.165) is 17.7 Å². The third-order valence-corrected chi connectivity index (χ3v) is 5.69. The number of halogens is 1. The minimum absolute atomic E-state index is 0. The van der Waals surface area contributed by atoms with Crippen LogP contribution in [0.4, 0.5) is 0 Å². The molecule has 23 heavy (non-hydrogen) atoms. The molecule has 0 aliphatic carbocycles. The average Bonchev–Trinajstić information content (AvgIpc) is 3.25. The third kappa shape index (κ3) is 3.16. The number of fused-ring (bicyclic) bond motifs is 2. The molecular weight excluding hydrogens is 334 g/mol. The minimum atomic E-state index is -0.0437. The summed E-state index contributed by atoms with van der Waals surface area (Å²) in [6.45, 7) is 0. The molecule has 1 N–H and O–H groups in total. The van der Waals surface area contributed by atoms with Gasteiger partial charge < -0.3 is 14.7 Å². The number of nitrogens with zero attached hydrogens (tertiary/aromatic N) is 2. The van der Waals surface area contributed by atoms with E-state index >= 15 is 0 Å². The molecule has 7 heteroatoms. The fraction of sp³-hybridized carbons (Fsp3) is 0.500. The van der Waals surface area contributed by atoms with Crippen LogP contribution in [-0.2, 0) is 0 Å². The first kappa shape index (κ1) is 16.5. The van der Waals surface area contributed by atoms with Gasteiger partial charge in [0.25, 0.3) is 5.91 Å². The number of nitrogens with one attached hydrogen (secondary N) is 1. The van der Waals surface area contributed by atoms with Crippen molar-refractivity contribution in [2.45, 2.75) is 43.8 Å². The van der Waals surface area contributed by atoms with E-state index in [1.165, 1.54) is 12.8 Å². The zero-order valence-electron chi connectivity index (χ0n) is 12.9. The summed E-state index contributed by atoms with van der Waals surface area (Å²) in [4.78, 5) is 15.5. The second-order valence-corrected chi connectivity index (χ2v) is 7.18. The predicted molar refractivity (Wildman–Crippen MR) is 92.1 cm³/mol. The van der Waals surface area contributed by atoms with Gasteiger partial charge in [-0.3, -0.25) is 4.79 Å².